The molecule has 0 radical (unpaired) electrons. The van der Waals surface area contributed by atoms with Gasteiger partial charge in [0.05, 0.1) is 30.8 Å². The zero-order valence-electron chi connectivity index (χ0n) is 13.0. The first-order chi connectivity index (χ1) is 11.1. The van der Waals surface area contributed by atoms with Crippen molar-refractivity contribution < 1.29 is 9.47 Å². The molecule has 1 heterocycles. The first-order valence-electron chi connectivity index (χ1n) is 6.97. The van der Waals surface area contributed by atoms with Gasteiger partial charge in [-0.25, -0.2) is 4.98 Å². The number of aryl methyl sites for hydroxylation is 1. The van der Waals surface area contributed by atoms with E-state index in [1.807, 2.05) is 31.2 Å². The van der Waals surface area contributed by atoms with Crippen LogP contribution in [0.15, 0.2) is 41.2 Å². The Labute approximate surface area is 138 Å². The molecule has 3 aromatic rings. The van der Waals surface area contributed by atoms with Crippen molar-refractivity contribution in [3.63, 3.8) is 0 Å². The van der Waals surface area contributed by atoms with Gasteiger partial charge in [0.15, 0.2) is 11.5 Å². The predicted molar refractivity (Wildman–Crippen MR) is 90.2 cm³/mol. The number of ether oxygens (including phenoxy) is 2. The van der Waals surface area contributed by atoms with E-state index in [0.29, 0.717) is 28.1 Å². The lowest BCUT2D eigenvalue weighted by Crippen LogP contribution is -2.21. The Hall–Kier alpha value is -2.53. The Morgan fingerprint density at radius 1 is 1.09 bits per heavy atom. The third kappa shape index (κ3) is 2.53. The lowest BCUT2D eigenvalue weighted by atomic mass is 10.2. The number of hydrogen-bond donors (Lipinski definition) is 0. The van der Waals surface area contributed by atoms with Gasteiger partial charge in [0.25, 0.3) is 5.56 Å². The highest BCUT2D eigenvalue weighted by atomic mass is 35.5. The minimum absolute atomic E-state index is 0.101. The van der Waals surface area contributed by atoms with Crippen LogP contribution in [0.2, 0.25) is 5.28 Å². The minimum Gasteiger partial charge on any atom is -0.493 e. The Morgan fingerprint density at radius 3 is 2.39 bits per heavy atom. The molecular weight excluding hydrogens is 316 g/mol. The molecule has 0 fully saturated rings. The molecule has 0 atom stereocenters. The van der Waals surface area contributed by atoms with Gasteiger partial charge in [0, 0.05) is 6.07 Å². The second kappa shape index (κ2) is 5.93. The number of methoxy groups -OCH3 is 2. The summed E-state index contributed by atoms with van der Waals surface area (Å²) in [7, 11) is 3.05. The molecule has 6 heteroatoms. The molecule has 23 heavy (non-hydrogen) atoms. The average molecular weight is 331 g/mol. The van der Waals surface area contributed by atoms with Crippen molar-refractivity contribution in [1.82, 2.24) is 9.55 Å². The quantitative estimate of drug-likeness (QED) is 0.691. The van der Waals surface area contributed by atoms with Crippen molar-refractivity contribution in [3.05, 3.63) is 57.6 Å². The van der Waals surface area contributed by atoms with Crippen LogP contribution in [0.25, 0.3) is 16.6 Å². The zero-order valence-corrected chi connectivity index (χ0v) is 13.7. The van der Waals surface area contributed by atoms with E-state index in [2.05, 4.69) is 4.98 Å². The largest absolute Gasteiger partial charge is 0.493 e. The first-order valence-corrected chi connectivity index (χ1v) is 7.35. The van der Waals surface area contributed by atoms with Gasteiger partial charge in [-0.15, -0.1) is 0 Å². The summed E-state index contributed by atoms with van der Waals surface area (Å²) in [6.45, 7) is 1.91. The third-order valence-corrected chi connectivity index (χ3v) is 3.94. The van der Waals surface area contributed by atoms with Crippen molar-refractivity contribution in [2.24, 2.45) is 0 Å². The van der Waals surface area contributed by atoms with Crippen LogP contribution in [0.3, 0.4) is 0 Å². The van der Waals surface area contributed by atoms with Crippen molar-refractivity contribution in [1.29, 1.82) is 0 Å². The maximum atomic E-state index is 12.9. The van der Waals surface area contributed by atoms with E-state index >= 15 is 0 Å². The molecule has 0 N–H and O–H groups in total. The molecule has 0 bridgehead atoms. The fourth-order valence-corrected chi connectivity index (χ4v) is 2.77. The average Bonchev–Trinajstić information content (AvgIpc) is 2.55. The van der Waals surface area contributed by atoms with Gasteiger partial charge < -0.3 is 9.47 Å². The number of hydrogen-bond acceptors (Lipinski definition) is 4. The Bertz CT molecular complexity index is 950. The van der Waals surface area contributed by atoms with E-state index in [1.165, 1.54) is 18.8 Å². The summed E-state index contributed by atoms with van der Waals surface area (Å²) in [5, 5.41) is 0.513. The van der Waals surface area contributed by atoms with Crippen molar-refractivity contribution in [3.8, 4) is 17.2 Å². The lowest BCUT2D eigenvalue weighted by Gasteiger charge is -2.13. The van der Waals surface area contributed by atoms with Crippen molar-refractivity contribution in [2.75, 3.05) is 14.2 Å². The standard InChI is InChI=1S/C17H15ClN2O3/c1-10-6-4-5-7-13(10)20-16(21)11-8-14(22-2)15(23-3)9-12(11)19-17(20)18/h4-9H,1-3H3. The SMILES string of the molecule is COc1cc2nc(Cl)n(-c3ccccc3C)c(=O)c2cc1OC. The van der Waals surface area contributed by atoms with Gasteiger partial charge in [-0.3, -0.25) is 9.36 Å². The number of nitrogens with zero attached hydrogens (tertiary/aromatic N) is 2. The van der Waals surface area contributed by atoms with Crippen LogP contribution in [0.4, 0.5) is 0 Å². The molecule has 0 unspecified atom stereocenters. The van der Waals surface area contributed by atoms with Gasteiger partial charge in [-0.2, -0.15) is 0 Å². The highest BCUT2D eigenvalue weighted by Crippen LogP contribution is 2.31. The monoisotopic (exact) mass is 330 g/mol. The van der Waals surface area contributed by atoms with Gasteiger partial charge in [0.1, 0.15) is 0 Å². The molecule has 0 spiro atoms. The minimum atomic E-state index is -0.254. The summed E-state index contributed by atoms with van der Waals surface area (Å²) in [5.41, 5.74) is 1.84. The Kier molecular flexibility index (Phi) is 3.96. The van der Waals surface area contributed by atoms with E-state index in [-0.39, 0.29) is 10.8 Å². The van der Waals surface area contributed by atoms with E-state index in [0.717, 1.165) is 5.56 Å². The second-order valence-corrected chi connectivity index (χ2v) is 5.37. The molecule has 0 aliphatic heterocycles. The topological polar surface area (TPSA) is 53.4 Å². The van der Waals surface area contributed by atoms with Gasteiger partial charge in [-0.05, 0) is 36.2 Å². The molecule has 5 nitrogen and oxygen atoms in total. The van der Waals surface area contributed by atoms with Crippen LogP contribution < -0.4 is 15.0 Å². The summed E-state index contributed by atoms with van der Waals surface area (Å²) in [6, 6.07) is 10.8. The maximum Gasteiger partial charge on any atom is 0.267 e. The number of para-hydroxylation sites is 1. The third-order valence-electron chi connectivity index (χ3n) is 3.69. The van der Waals surface area contributed by atoms with Gasteiger partial charge >= 0.3 is 0 Å². The molecule has 0 saturated carbocycles. The Morgan fingerprint density at radius 2 is 1.74 bits per heavy atom. The van der Waals surface area contributed by atoms with Crippen LogP contribution in [-0.2, 0) is 0 Å². The fourth-order valence-electron chi connectivity index (χ4n) is 2.51. The highest BCUT2D eigenvalue weighted by molar-refractivity contribution is 6.29. The highest BCUT2D eigenvalue weighted by Gasteiger charge is 2.15. The predicted octanol–water partition coefficient (Wildman–Crippen LogP) is 3.36. The molecule has 0 saturated heterocycles. The maximum absolute atomic E-state index is 12.9. The molecular formula is C17H15ClN2O3. The fraction of sp³-hybridized carbons (Fsp3) is 0.176. The summed E-state index contributed by atoms with van der Waals surface area (Å²) in [5.74, 6) is 0.967. The molecule has 0 aliphatic carbocycles. The summed E-state index contributed by atoms with van der Waals surface area (Å²) >= 11 is 6.26. The molecule has 1 aromatic heterocycles. The Balaban J connectivity index is 2.38. The van der Waals surface area contributed by atoms with Crippen molar-refractivity contribution in [2.45, 2.75) is 6.92 Å². The van der Waals surface area contributed by atoms with E-state index in [4.69, 9.17) is 21.1 Å². The van der Waals surface area contributed by atoms with Crippen LogP contribution in [-0.4, -0.2) is 23.8 Å². The van der Waals surface area contributed by atoms with Crippen molar-refractivity contribution >= 4 is 22.5 Å². The molecule has 0 aliphatic rings. The number of halogens is 1. The summed E-state index contributed by atoms with van der Waals surface area (Å²) in [4.78, 5) is 17.2. The molecule has 3 rings (SSSR count). The number of fused-ring (bicyclic) bond motifs is 1. The smallest absolute Gasteiger partial charge is 0.267 e. The molecule has 118 valence electrons. The number of benzene rings is 2. The second-order valence-electron chi connectivity index (χ2n) is 5.03. The van der Waals surface area contributed by atoms with Crippen LogP contribution >= 0.6 is 11.6 Å². The van der Waals surface area contributed by atoms with Crippen LogP contribution in [0.1, 0.15) is 5.56 Å². The van der Waals surface area contributed by atoms with E-state index in [9.17, 15) is 4.79 Å². The number of aromatic nitrogens is 2. The molecule has 0 amide bonds. The van der Waals surface area contributed by atoms with Gasteiger partial charge in [-0.1, -0.05) is 18.2 Å². The van der Waals surface area contributed by atoms with Crippen LogP contribution in [0, 0.1) is 6.92 Å². The zero-order chi connectivity index (χ0) is 16.6. The van der Waals surface area contributed by atoms with Crippen LogP contribution in [0.5, 0.6) is 11.5 Å². The van der Waals surface area contributed by atoms with E-state index < -0.39 is 0 Å². The lowest BCUT2D eigenvalue weighted by molar-refractivity contribution is 0.355. The van der Waals surface area contributed by atoms with E-state index in [1.54, 1.807) is 12.1 Å². The normalized spacial score (nSPS) is 10.8. The molecule has 2 aromatic carbocycles. The number of rotatable bonds is 3. The summed E-state index contributed by atoms with van der Waals surface area (Å²) in [6.07, 6.45) is 0. The summed E-state index contributed by atoms with van der Waals surface area (Å²) < 4.78 is 11.9. The van der Waals surface area contributed by atoms with Gasteiger partial charge in [0.2, 0.25) is 5.28 Å². The first kappa shape index (κ1) is 15.4.